The van der Waals surface area contributed by atoms with Crippen molar-refractivity contribution in [1.29, 1.82) is 0 Å². The molecular weight excluding hydrogens is 298 g/mol. The van der Waals surface area contributed by atoms with Gasteiger partial charge >= 0.3 is 0 Å². The first-order chi connectivity index (χ1) is 11.6. The van der Waals surface area contributed by atoms with Crippen LogP contribution in [0.2, 0.25) is 0 Å². The molecule has 0 aliphatic heterocycles. The molecule has 0 saturated carbocycles. The first-order valence-corrected chi connectivity index (χ1v) is 7.67. The van der Waals surface area contributed by atoms with Crippen LogP contribution in [0.4, 0.5) is 11.5 Å². The van der Waals surface area contributed by atoms with Gasteiger partial charge in [-0.25, -0.2) is 9.97 Å². The van der Waals surface area contributed by atoms with Crippen molar-refractivity contribution in [2.75, 3.05) is 11.5 Å². The molecule has 2 heterocycles. The maximum absolute atomic E-state index is 5.96. The molecule has 4 aromatic rings. The molecule has 4 rings (SSSR count). The van der Waals surface area contributed by atoms with E-state index in [1.807, 2.05) is 29.0 Å². The zero-order valence-electron chi connectivity index (χ0n) is 13.3. The van der Waals surface area contributed by atoms with E-state index in [4.69, 9.17) is 11.5 Å². The van der Waals surface area contributed by atoms with Crippen molar-refractivity contribution >= 4 is 22.4 Å². The van der Waals surface area contributed by atoms with Crippen molar-refractivity contribution in [3.63, 3.8) is 0 Å². The average molecular weight is 315 g/mol. The van der Waals surface area contributed by atoms with E-state index >= 15 is 0 Å². The minimum atomic E-state index is 0.449. The molecule has 2 aromatic heterocycles. The normalized spacial score (nSPS) is 11.0. The van der Waals surface area contributed by atoms with E-state index in [0.717, 1.165) is 33.5 Å². The number of rotatable bonds is 2. The molecule has 0 fully saturated rings. The molecule has 2 aromatic carbocycles. The van der Waals surface area contributed by atoms with Gasteiger partial charge in [-0.15, -0.1) is 0 Å². The largest absolute Gasteiger partial charge is 0.399 e. The fourth-order valence-corrected chi connectivity index (χ4v) is 2.94. The van der Waals surface area contributed by atoms with E-state index in [1.54, 1.807) is 6.07 Å². The Labute approximate surface area is 139 Å². The topological polar surface area (TPSA) is 82.8 Å². The Morgan fingerprint density at radius 2 is 1.79 bits per heavy atom. The third-order valence-electron chi connectivity index (χ3n) is 4.19. The fraction of sp³-hybridized carbons (Fsp3) is 0.0526. The van der Waals surface area contributed by atoms with Crippen LogP contribution >= 0.6 is 0 Å². The van der Waals surface area contributed by atoms with Gasteiger partial charge in [0.05, 0.1) is 5.52 Å². The van der Waals surface area contributed by atoms with E-state index in [2.05, 4.69) is 41.2 Å². The number of aryl methyl sites for hydroxylation is 1. The lowest BCUT2D eigenvalue weighted by Gasteiger charge is -2.09. The van der Waals surface area contributed by atoms with Crippen LogP contribution in [0.25, 0.3) is 27.8 Å². The first kappa shape index (κ1) is 14.3. The third kappa shape index (κ3) is 2.36. The van der Waals surface area contributed by atoms with Gasteiger partial charge in [-0.3, -0.25) is 0 Å². The smallest absolute Gasteiger partial charge is 0.142 e. The minimum absolute atomic E-state index is 0.449. The van der Waals surface area contributed by atoms with Crippen molar-refractivity contribution in [2.45, 2.75) is 6.92 Å². The molecule has 0 amide bonds. The Hall–Kier alpha value is -3.34. The molecule has 4 N–H and O–H groups in total. The predicted octanol–water partition coefficient (Wildman–Crippen LogP) is 3.56. The molecular formula is C19H17N5. The number of nitrogens with zero attached hydrogens (tertiary/aromatic N) is 3. The standard InChI is InChI=1S/C19H17N5/c1-12-2-5-15(20)9-16(12)14-4-3-13-6-7-24(17(13)8-14)19-10-18(21)22-11-23-19/h2-11H,20H2,1H3,(H2,21,22,23). The van der Waals surface area contributed by atoms with Crippen molar-refractivity contribution in [3.8, 4) is 16.9 Å². The van der Waals surface area contributed by atoms with Gasteiger partial charge in [0.1, 0.15) is 18.0 Å². The summed E-state index contributed by atoms with van der Waals surface area (Å²) in [6.07, 6.45) is 3.46. The second kappa shape index (κ2) is 5.38. The average Bonchev–Trinajstić information content (AvgIpc) is 3.00. The maximum atomic E-state index is 5.96. The molecule has 0 saturated heterocycles. The van der Waals surface area contributed by atoms with Crippen LogP contribution in [0.3, 0.4) is 0 Å². The van der Waals surface area contributed by atoms with Crippen molar-refractivity contribution in [1.82, 2.24) is 14.5 Å². The fourth-order valence-electron chi connectivity index (χ4n) is 2.94. The van der Waals surface area contributed by atoms with E-state index < -0.39 is 0 Å². The van der Waals surface area contributed by atoms with Gasteiger partial charge in [-0.2, -0.15) is 0 Å². The number of anilines is 2. The Bertz CT molecular complexity index is 1050. The summed E-state index contributed by atoms with van der Waals surface area (Å²) in [7, 11) is 0. The van der Waals surface area contributed by atoms with Crippen LogP contribution in [-0.2, 0) is 0 Å². The molecule has 0 aliphatic rings. The quantitative estimate of drug-likeness (QED) is 0.554. The summed E-state index contributed by atoms with van der Waals surface area (Å²) >= 11 is 0. The van der Waals surface area contributed by atoms with Crippen LogP contribution in [0.5, 0.6) is 0 Å². The molecule has 0 spiro atoms. The number of hydrogen-bond donors (Lipinski definition) is 2. The van der Waals surface area contributed by atoms with E-state index in [1.165, 1.54) is 11.9 Å². The van der Waals surface area contributed by atoms with Crippen molar-refractivity contribution < 1.29 is 0 Å². The summed E-state index contributed by atoms with van der Waals surface area (Å²) in [6.45, 7) is 2.09. The SMILES string of the molecule is Cc1ccc(N)cc1-c1ccc2ccn(-c3cc(N)ncn3)c2c1. The highest BCUT2D eigenvalue weighted by Gasteiger charge is 2.09. The number of hydrogen-bond acceptors (Lipinski definition) is 4. The zero-order chi connectivity index (χ0) is 16.7. The summed E-state index contributed by atoms with van der Waals surface area (Å²) in [5, 5.41) is 1.14. The summed E-state index contributed by atoms with van der Waals surface area (Å²) < 4.78 is 2.01. The monoisotopic (exact) mass is 315 g/mol. The van der Waals surface area contributed by atoms with Gasteiger partial charge in [0.25, 0.3) is 0 Å². The van der Waals surface area contributed by atoms with Gasteiger partial charge in [0.2, 0.25) is 0 Å². The summed E-state index contributed by atoms with van der Waals surface area (Å²) in [4.78, 5) is 8.27. The zero-order valence-corrected chi connectivity index (χ0v) is 13.3. The molecule has 5 nitrogen and oxygen atoms in total. The highest BCUT2D eigenvalue weighted by atomic mass is 15.1. The molecule has 0 bridgehead atoms. The summed E-state index contributed by atoms with van der Waals surface area (Å²) in [5.41, 5.74) is 17.0. The summed E-state index contributed by atoms with van der Waals surface area (Å²) in [5.74, 6) is 1.20. The van der Waals surface area contributed by atoms with Crippen molar-refractivity contribution in [3.05, 3.63) is 66.6 Å². The molecule has 118 valence electrons. The van der Waals surface area contributed by atoms with E-state index in [-0.39, 0.29) is 0 Å². The third-order valence-corrected chi connectivity index (χ3v) is 4.19. The van der Waals surface area contributed by atoms with Crippen LogP contribution in [0.15, 0.2) is 61.1 Å². The maximum Gasteiger partial charge on any atom is 0.142 e. The number of aromatic nitrogens is 3. The number of benzene rings is 2. The van der Waals surface area contributed by atoms with Gasteiger partial charge in [0.15, 0.2) is 0 Å². The number of fused-ring (bicyclic) bond motifs is 1. The molecule has 0 atom stereocenters. The lowest BCUT2D eigenvalue weighted by molar-refractivity contribution is 1.01. The first-order valence-electron chi connectivity index (χ1n) is 7.67. The van der Waals surface area contributed by atoms with Gasteiger partial charge in [-0.1, -0.05) is 18.2 Å². The Balaban J connectivity index is 1.92. The molecule has 0 radical (unpaired) electrons. The van der Waals surface area contributed by atoms with E-state index in [0.29, 0.717) is 5.82 Å². The molecule has 0 aliphatic carbocycles. The lowest BCUT2D eigenvalue weighted by Crippen LogP contribution is -1.99. The number of nitrogen functional groups attached to an aromatic ring is 2. The summed E-state index contributed by atoms with van der Waals surface area (Å²) in [6, 6.07) is 16.2. The second-order valence-electron chi connectivity index (χ2n) is 5.83. The van der Waals surface area contributed by atoms with Crippen LogP contribution in [0.1, 0.15) is 5.56 Å². The Morgan fingerprint density at radius 3 is 2.62 bits per heavy atom. The molecule has 5 heteroatoms. The lowest BCUT2D eigenvalue weighted by atomic mass is 9.99. The van der Waals surface area contributed by atoms with Crippen LogP contribution in [0, 0.1) is 6.92 Å². The van der Waals surface area contributed by atoms with Crippen molar-refractivity contribution in [2.24, 2.45) is 0 Å². The highest BCUT2D eigenvalue weighted by Crippen LogP contribution is 2.30. The van der Waals surface area contributed by atoms with Crippen LogP contribution in [-0.4, -0.2) is 14.5 Å². The molecule has 0 unspecified atom stereocenters. The minimum Gasteiger partial charge on any atom is -0.399 e. The van der Waals surface area contributed by atoms with E-state index in [9.17, 15) is 0 Å². The molecule has 24 heavy (non-hydrogen) atoms. The number of nitrogens with two attached hydrogens (primary N) is 2. The predicted molar refractivity (Wildman–Crippen MR) is 97.9 cm³/mol. The van der Waals surface area contributed by atoms with Gasteiger partial charge in [-0.05, 0) is 47.9 Å². The Kier molecular flexibility index (Phi) is 3.20. The Morgan fingerprint density at radius 1 is 0.917 bits per heavy atom. The second-order valence-corrected chi connectivity index (χ2v) is 5.83. The van der Waals surface area contributed by atoms with Crippen LogP contribution < -0.4 is 11.5 Å². The van der Waals surface area contributed by atoms with Gasteiger partial charge < -0.3 is 16.0 Å². The van der Waals surface area contributed by atoms with Gasteiger partial charge in [0, 0.05) is 23.3 Å². The highest BCUT2D eigenvalue weighted by molar-refractivity contribution is 5.87.